The van der Waals surface area contributed by atoms with E-state index in [1.165, 1.54) is 4.90 Å². The van der Waals surface area contributed by atoms with E-state index in [1.54, 1.807) is 24.3 Å². The van der Waals surface area contributed by atoms with Crippen LogP contribution < -0.4 is 10.2 Å². The van der Waals surface area contributed by atoms with Crippen molar-refractivity contribution in [2.45, 2.75) is 18.9 Å². The number of aryl methyl sites for hydroxylation is 1. The normalized spacial score (nSPS) is 16.6. The fourth-order valence-corrected chi connectivity index (χ4v) is 2.80. The average Bonchev–Trinajstić information content (AvgIpc) is 3.00. The molecule has 0 aromatic heterocycles. The molecule has 0 spiro atoms. The molecule has 1 heterocycles. The van der Waals surface area contributed by atoms with E-state index in [4.69, 9.17) is 16.3 Å². The highest BCUT2D eigenvalue weighted by Crippen LogP contribution is 2.23. The second kappa shape index (κ2) is 8.03. The van der Waals surface area contributed by atoms with Crippen LogP contribution in [-0.4, -0.2) is 31.2 Å². The molecule has 1 aliphatic heterocycles. The lowest BCUT2D eigenvalue weighted by molar-refractivity contribution is -0.121. The lowest BCUT2D eigenvalue weighted by Gasteiger charge is -2.13. The lowest BCUT2D eigenvalue weighted by Crippen LogP contribution is -2.34. The fourth-order valence-electron chi connectivity index (χ4n) is 2.68. The second-order valence-corrected chi connectivity index (χ2v) is 6.32. The van der Waals surface area contributed by atoms with E-state index < -0.39 is 6.09 Å². The van der Waals surface area contributed by atoms with Gasteiger partial charge in [-0.2, -0.15) is 0 Å². The summed E-state index contributed by atoms with van der Waals surface area (Å²) in [5.41, 5.74) is 1.85. The number of amides is 2. The van der Waals surface area contributed by atoms with E-state index in [9.17, 15) is 9.59 Å². The fraction of sp³-hybridized carbons (Fsp3) is 0.263. The SMILES string of the molecule is O=C(CCc1ccccc1)NCC1CN(c2ccc(Cl)cc2)C(=O)O1. The van der Waals surface area contributed by atoms with Crippen molar-refractivity contribution in [3.63, 3.8) is 0 Å². The molecule has 2 aromatic carbocycles. The zero-order valence-corrected chi connectivity index (χ0v) is 14.4. The number of hydrogen-bond donors (Lipinski definition) is 1. The highest BCUT2D eigenvalue weighted by Gasteiger charge is 2.32. The molecule has 3 rings (SSSR count). The third kappa shape index (κ3) is 4.73. The van der Waals surface area contributed by atoms with Crippen LogP contribution in [0.25, 0.3) is 0 Å². The predicted molar refractivity (Wildman–Crippen MR) is 96.8 cm³/mol. The van der Waals surface area contributed by atoms with Crippen molar-refractivity contribution in [2.24, 2.45) is 0 Å². The first-order valence-electron chi connectivity index (χ1n) is 8.16. The molecule has 0 radical (unpaired) electrons. The summed E-state index contributed by atoms with van der Waals surface area (Å²) in [4.78, 5) is 25.5. The van der Waals surface area contributed by atoms with Gasteiger partial charge in [0.2, 0.25) is 5.91 Å². The summed E-state index contributed by atoms with van der Waals surface area (Å²) in [7, 11) is 0. The Hall–Kier alpha value is -2.53. The van der Waals surface area contributed by atoms with Crippen LogP contribution in [-0.2, 0) is 16.0 Å². The van der Waals surface area contributed by atoms with Crippen LogP contribution in [0.4, 0.5) is 10.5 Å². The number of nitrogens with zero attached hydrogens (tertiary/aromatic N) is 1. The van der Waals surface area contributed by atoms with Crippen LogP contribution in [0.5, 0.6) is 0 Å². The van der Waals surface area contributed by atoms with Gasteiger partial charge in [-0.05, 0) is 36.2 Å². The smallest absolute Gasteiger partial charge is 0.414 e. The molecule has 130 valence electrons. The Balaban J connectivity index is 1.45. The number of halogens is 1. The van der Waals surface area contributed by atoms with Crippen molar-refractivity contribution in [1.82, 2.24) is 5.32 Å². The van der Waals surface area contributed by atoms with Crippen molar-refractivity contribution in [1.29, 1.82) is 0 Å². The number of benzene rings is 2. The van der Waals surface area contributed by atoms with Crippen molar-refractivity contribution >= 4 is 29.3 Å². The van der Waals surface area contributed by atoms with Gasteiger partial charge in [0.1, 0.15) is 6.10 Å². The van der Waals surface area contributed by atoms with Crippen molar-refractivity contribution in [2.75, 3.05) is 18.0 Å². The van der Waals surface area contributed by atoms with E-state index in [0.29, 0.717) is 31.0 Å². The van der Waals surface area contributed by atoms with Gasteiger partial charge in [-0.25, -0.2) is 4.79 Å². The zero-order chi connectivity index (χ0) is 17.6. The quantitative estimate of drug-likeness (QED) is 0.860. The Morgan fingerprint density at radius 2 is 1.88 bits per heavy atom. The second-order valence-electron chi connectivity index (χ2n) is 5.88. The summed E-state index contributed by atoms with van der Waals surface area (Å²) in [6, 6.07) is 16.8. The summed E-state index contributed by atoms with van der Waals surface area (Å²) in [6.45, 7) is 0.711. The molecule has 0 aliphatic carbocycles. The summed E-state index contributed by atoms with van der Waals surface area (Å²) in [5.74, 6) is -0.0511. The molecular weight excluding hydrogens is 340 g/mol. The van der Waals surface area contributed by atoms with Gasteiger partial charge in [-0.15, -0.1) is 0 Å². The molecule has 1 saturated heterocycles. The van der Waals surface area contributed by atoms with E-state index in [0.717, 1.165) is 11.3 Å². The number of carbonyl (C=O) groups is 2. The number of rotatable bonds is 6. The van der Waals surface area contributed by atoms with Gasteiger partial charge in [0.05, 0.1) is 13.1 Å². The number of carbonyl (C=O) groups excluding carboxylic acids is 2. The number of ether oxygens (including phenoxy) is 1. The third-order valence-electron chi connectivity index (χ3n) is 4.02. The lowest BCUT2D eigenvalue weighted by atomic mass is 10.1. The maximum atomic E-state index is 12.0. The molecule has 0 saturated carbocycles. The van der Waals surface area contributed by atoms with Crippen LogP contribution in [0.15, 0.2) is 54.6 Å². The number of nitrogens with one attached hydrogen (secondary N) is 1. The molecule has 1 aliphatic rings. The molecule has 1 fully saturated rings. The molecule has 6 heteroatoms. The molecule has 2 amide bonds. The monoisotopic (exact) mass is 358 g/mol. The molecule has 0 bridgehead atoms. The van der Waals surface area contributed by atoms with Crippen LogP contribution in [0, 0.1) is 0 Å². The summed E-state index contributed by atoms with van der Waals surface area (Å²) in [5, 5.41) is 3.44. The van der Waals surface area contributed by atoms with Gasteiger partial charge < -0.3 is 10.1 Å². The first-order valence-corrected chi connectivity index (χ1v) is 8.54. The maximum Gasteiger partial charge on any atom is 0.414 e. The average molecular weight is 359 g/mol. The number of anilines is 1. The molecule has 5 nitrogen and oxygen atoms in total. The van der Waals surface area contributed by atoms with Gasteiger partial charge in [0.15, 0.2) is 0 Å². The van der Waals surface area contributed by atoms with Gasteiger partial charge in [-0.3, -0.25) is 9.69 Å². The van der Waals surface area contributed by atoms with Crippen LogP contribution in [0.1, 0.15) is 12.0 Å². The summed E-state index contributed by atoms with van der Waals surface area (Å²) in [6.07, 6.45) is 0.328. The minimum atomic E-state index is -0.411. The number of hydrogen-bond acceptors (Lipinski definition) is 3. The summed E-state index contributed by atoms with van der Waals surface area (Å²) >= 11 is 5.86. The largest absolute Gasteiger partial charge is 0.442 e. The van der Waals surface area contributed by atoms with Crippen LogP contribution >= 0.6 is 11.6 Å². The van der Waals surface area contributed by atoms with Crippen molar-refractivity contribution in [3.8, 4) is 0 Å². The topological polar surface area (TPSA) is 58.6 Å². The molecule has 1 N–H and O–H groups in total. The predicted octanol–water partition coefficient (Wildman–Crippen LogP) is 3.41. The van der Waals surface area contributed by atoms with Gasteiger partial charge in [0, 0.05) is 17.1 Å². The first-order chi connectivity index (χ1) is 12.1. The van der Waals surface area contributed by atoms with E-state index >= 15 is 0 Å². The molecular formula is C19H19ClN2O3. The summed E-state index contributed by atoms with van der Waals surface area (Å²) < 4.78 is 5.31. The van der Waals surface area contributed by atoms with E-state index in [2.05, 4.69) is 5.32 Å². The van der Waals surface area contributed by atoms with Gasteiger partial charge in [0.25, 0.3) is 0 Å². The minimum Gasteiger partial charge on any atom is -0.442 e. The Bertz CT molecular complexity index is 734. The molecule has 1 atom stereocenters. The van der Waals surface area contributed by atoms with Gasteiger partial charge in [-0.1, -0.05) is 41.9 Å². The zero-order valence-electron chi connectivity index (χ0n) is 13.7. The molecule has 1 unspecified atom stereocenters. The Morgan fingerprint density at radius 1 is 1.16 bits per heavy atom. The Labute approximate surface area is 151 Å². The first kappa shape index (κ1) is 17.3. The number of cyclic esters (lactones) is 1. The third-order valence-corrected chi connectivity index (χ3v) is 4.27. The highest BCUT2D eigenvalue weighted by molar-refractivity contribution is 6.30. The molecule has 2 aromatic rings. The van der Waals surface area contributed by atoms with Crippen LogP contribution in [0.3, 0.4) is 0 Å². The standard InChI is InChI=1S/C19H19ClN2O3/c20-15-7-9-16(10-8-15)22-13-17(25-19(22)24)12-21-18(23)11-6-14-4-2-1-3-5-14/h1-5,7-10,17H,6,11-13H2,(H,21,23). The van der Waals surface area contributed by atoms with Crippen molar-refractivity contribution < 1.29 is 14.3 Å². The van der Waals surface area contributed by atoms with Crippen molar-refractivity contribution in [3.05, 3.63) is 65.2 Å². The van der Waals surface area contributed by atoms with E-state index in [1.807, 2.05) is 30.3 Å². The highest BCUT2D eigenvalue weighted by atomic mass is 35.5. The maximum absolute atomic E-state index is 12.0. The Morgan fingerprint density at radius 3 is 2.60 bits per heavy atom. The molecule has 25 heavy (non-hydrogen) atoms. The van der Waals surface area contributed by atoms with E-state index in [-0.39, 0.29) is 12.0 Å². The Kier molecular flexibility index (Phi) is 5.56. The van der Waals surface area contributed by atoms with Gasteiger partial charge >= 0.3 is 6.09 Å². The van der Waals surface area contributed by atoms with Crippen LogP contribution in [0.2, 0.25) is 5.02 Å². The minimum absolute atomic E-state index is 0.0511.